The fourth-order valence-corrected chi connectivity index (χ4v) is 4.93. The van der Waals surface area contributed by atoms with Crippen LogP contribution in [0.25, 0.3) is 16.8 Å². The second kappa shape index (κ2) is 8.09. The van der Waals surface area contributed by atoms with Gasteiger partial charge in [-0.3, -0.25) is 4.90 Å². The summed E-state index contributed by atoms with van der Waals surface area (Å²) in [4.78, 5) is 7.22. The Balaban J connectivity index is 1.47. The molecule has 0 aliphatic carbocycles. The van der Waals surface area contributed by atoms with Crippen molar-refractivity contribution in [3.63, 3.8) is 0 Å². The molecule has 1 unspecified atom stereocenters. The predicted molar refractivity (Wildman–Crippen MR) is 121 cm³/mol. The summed E-state index contributed by atoms with van der Waals surface area (Å²) in [6, 6.07) is 10.3. The summed E-state index contributed by atoms with van der Waals surface area (Å²) in [5.41, 5.74) is 7.22. The zero-order chi connectivity index (χ0) is 21.5. The van der Waals surface area contributed by atoms with Gasteiger partial charge in [0, 0.05) is 30.2 Å². The molecule has 0 saturated carbocycles. The fourth-order valence-electron chi connectivity index (χ4n) is 4.80. The quantitative estimate of drug-likeness (QED) is 0.433. The molecule has 1 aliphatic rings. The van der Waals surface area contributed by atoms with Gasteiger partial charge in [-0.1, -0.05) is 28.9 Å². The van der Waals surface area contributed by atoms with E-state index >= 15 is 0 Å². The molecule has 4 aromatic rings. The maximum atomic E-state index is 6.05. The number of hydrogen-bond acceptors (Lipinski definition) is 5. The highest BCUT2D eigenvalue weighted by molar-refractivity contribution is 6.30. The molecule has 0 amide bonds. The number of aryl methyl sites for hydroxylation is 3. The third-order valence-electron chi connectivity index (χ3n) is 6.25. The van der Waals surface area contributed by atoms with Gasteiger partial charge in [-0.05, 0) is 63.9 Å². The third kappa shape index (κ3) is 3.75. The van der Waals surface area contributed by atoms with Gasteiger partial charge in [-0.2, -0.15) is 5.10 Å². The van der Waals surface area contributed by atoms with Gasteiger partial charge in [0.05, 0.1) is 28.2 Å². The SMILES string of the molecule is Cc1noc(C)c1-c1c(C)nn2c(C3CCCN(Cc4ccc(Cl)cc4)C3)ccnc12. The number of fused-ring (bicyclic) bond motifs is 1. The van der Waals surface area contributed by atoms with E-state index in [1.165, 1.54) is 17.7 Å². The number of rotatable bonds is 4. The van der Waals surface area contributed by atoms with E-state index in [2.05, 4.69) is 28.3 Å². The van der Waals surface area contributed by atoms with E-state index in [1.54, 1.807) is 0 Å². The first kappa shape index (κ1) is 20.2. The molecule has 6 nitrogen and oxygen atoms in total. The van der Waals surface area contributed by atoms with Gasteiger partial charge in [0.1, 0.15) is 5.76 Å². The van der Waals surface area contributed by atoms with Gasteiger partial charge >= 0.3 is 0 Å². The summed E-state index contributed by atoms with van der Waals surface area (Å²) < 4.78 is 7.45. The van der Waals surface area contributed by atoms with Crippen molar-refractivity contribution in [2.24, 2.45) is 0 Å². The van der Waals surface area contributed by atoms with E-state index in [9.17, 15) is 0 Å². The average Bonchev–Trinajstić information content (AvgIpc) is 3.27. The van der Waals surface area contributed by atoms with E-state index in [0.29, 0.717) is 5.92 Å². The van der Waals surface area contributed by atoms with Crippen LogP contribution >= 0.6 is 11.6 Å². The maximum absolute atomic E-state index is 6.05. The Morgan fingerprint density at radius 1 is 1.06 bits per heavy atom. The standard InChI is InChI=1S/C24H26ClN5O/c1-15-23(22-16(2)28-31-17(22)3)24-26-11-10-21(30(24)27-15)19-5-4-12-29(14-19)13-18-6-8-20(25)9-7-18/h6-11,19H,4-5,12-14H2,1-3H3. The van der Waals surface area contributed by atoms with Crippen molar-refractivity contribution in [3.05, 3.63) is 70.0 Å². The minimum Gasteiger partial charge on any atom is -0.361 e. The lowest BCUT2D eigenvalue weighted by Gasteiger charge is -2.33. The number of piperidine rings is 1. The summed E-state index contributed by atoms with van der Waals surface area (Å²) in [6.45, 7) is 8.99. The van der Waals surface area contributed by atoms with Gasteiger partial charge in [-0.15, -0.1) is 0 Å². The topological polar surface area (TPSA) is 59.5 Å². The zero-order valence-electron chi connectivity index (χ0n) is 18.1. The highest BCUT2D eigenvalue weighted by atomic mass is 35.5. The first-order chi connectivity index (χ1) is 15.0. The van der Waals surface area contributed by atoms with Crippen LogP contribution in [0.2, 0.25) is 5.02 Å². The molecule has 160 valence electrons. The molecule has 1 aromatic carbocycles. The average molecular weight is 436 g/mol. The third-order valence-corrected chi connectivity index (χ3v) is 6.50. The maximum Gasteiger partial charge on any atom is 0.163 e. The highest BCUT2D eigenvalue weighted by Crippen LogP contribution is 2.35. The lowest BCUT2D eigenvalue weighted by Crippen LogP contribution is -2.34. The first-order valence-electron chi connectivity index (χ1n) is 10.8. The van der Waals surface area contributed by atoms with E-state index in [4.69, 9.17) is 26.2 Å². The number of likely N-dealkylation sites (tertiary alicyclic amines) is 1. The summed E-state index contributed by atoms with van der Waals surface area (Å²) in [6.07, 6.45) is 4.22. The van der Waals surface area contributed by atoms with Gasteiger partial charge < -0.3 is 4.52 Å². The molecular weight excluding hydrogens is 410 g/mol. The van der Waals surface area contributed by atoms with Crippen LogP contribution in [-0.2, 0) is 6.54 Å². The molecule has 1 atom stereocenters. The Kier molecular flexibility index (Phi) is 5.28. The number of halogens is 1. The van der Waals surface area contributed by atoms with Crippen molar-refractivity contribution in [1.29, 1.82) is 0 Å². The van der Waals surface area contributed by atoms with Gasteiger partial charge in [0.25, 0.3) is 0 Å². The monoisotopic (exact) mass is 435 g/mol. The van der Waals surface area contributed by atoms with Crippen molar-refractivity contribution in [2.75, 3.05) is 13.1 Å². The van der Waals surface area contributed by atoms with Gasteiger partial charge in [-0.25, -0.2) is 9.50 Å². The largest absolute Gasteiger partial charge is 0.361 e. The van der Waals surface area contributed by atoms with Crippen LogP contribution in [0.4, 0.5) is 0 Å². The molecule has 0 bridgehead atoms. The first-order valence-corrected chi connectivity index (χ1v) is 11.1. The van der Waals surface area contributed by atoms with E-state index in [0.717, 1.165) is 65.0 Å². The van der Waals surface area contributed by atoms with E-state index in [-0.39, 0.29) is 0 Å². The van der Waals surface area contributed by atoms with Crippen LogP contribution < -0.4 is 0 Å². The molecule has 5 rings (SSSR count). The molecule has 7 heteroatoms. The van der Waals surface area contributed by atoms with Crippen LogP contribution in [0.15, 0.2) is 41.1 Å². The Bertz CT molecular complexity index is 1210. The predicted octanol–water partition coefficient (Wildman–Crippen LogP) is 5.34. The zero-order valence-corrected chi connectivity index (χ0v) is 18.9. The summed E-state index contributed by atoms with van der Waals surface area (Å²) >= 11 is 6.05. The Morgan fingerprint density at radius 3 is 2.61 bits per heavy atom. The number of nitrogens with zero attached hydrogens (tertiary/aromatic N) is 5. The summed E-state index contributed by atoms with van der Waals surface area (Å²) in [7, 11) is 0. The molecule has 0 radical (unpaired) electrons. The van der Waals surface area contributed by atoms with E-state index < -0.39 is 0 Å². The molecule has 1 fully saturated rings. The number of aromatic nitrogens is 4. The van der Waals surface area contributed by atoms with Crippen LogP contribution in [0, 0.1) is 20.8 Å². The number of hydrogen-bond donors (Lipinski definition) is 0. The van der Waals surface area contributed by atoms with E-state index in [1.807, 2.05) is 43.6 Å². The van der Waals surface area contributed by atoms with Crippen molar-refractivity contribution in [3.8, 4) is 11.1 Å². The molecule has 3 aromatic heterocycles. The number of benzene rings is 1. The van der Waals surface area contributed by atoms with Crippen molar-refractivity contribution in [1.82, 2.24) is 24.7 Å². The van der Waals surface area contributed by atoms with Crippen molar-refractivity contribution >= 4 is 17.2 Å². The fraction of sp³-hybridized carbons (Fsp3) is 0.375. The minimum absolute atomic E-state index is 0.406. The highest BCUT2D eigenvalue weighted by Gasteiger charge is 2.26. The smallest absolute Gasteiger partial charge is 0.163 e. The molecule has 0 N–H and O–H groups in total. The molecule has 1 saturated heterocycles. The second-order valence-electron chi connectivity index (χ2n) is 8.47. The van der Waals surface area contributed by atoms with Crippen LogP contribution in [0.3, 0.4) is 0 Å². The lowest BCUT2D eigenvalue weighted by atomic mass is 9.94. The lowest BCUT2D eigenvalue weighted by molar-refractivity contribution is 0.197. The van der Waals surface area contributed by atoms with Crippen LogP contribution in [0.5, 0.6) is 0 Å². The Morgan fingerprint density at radius 2 is 1.87 bits per heavy atom. The summed E-state index contributed by atoms with van der Waals surface area (Å²) in [5, 5.41) is 9.81. The van der Waals surface area contributed by atoms with Gasteiger partial charge in [0.15, 0.2) is 5.65 Å². The molecule has 4 heterocycles. The van der Waals surface area contributed by atoms with Crippen molar-refractivity contribution in [2.45, 2.75) is 46.1 Å². The molecular formula is C24H26ClN5O. The van der Waals surface area contributed by atoms with Gasteiger partial charge in [0.2, 0.25) is 0 Å². The Hall–Kier alpha value is -2.70. The minimum atomic E-state index is 0.406. The molecule has 0 spiro atoms. The van der Waals surface area contributed by atoms with Crippen LogP contribution in [0.1, 0.15) is 47.2 Å². The second-order valence-corrected chi connectivity index (χ2v) is 8.90. The molecule has 1 aliphatic heterocycles. The van der Waals surface area contributed by atoms with Crippen LogP contribution in [-0.4, -0.2) is 37.7 Å². The summed E-state index contributed by atoms with van der Waals surface area (Å²) in [5.74, 6) is 1.21. The molecule has 31 heavy (non-hydrogen) atoms. The van der Waals surface area contributed by atoms with Crippen molar-refractivity contribution < 1.29 is 4.52 Å². The normalized spacial score (nSPS) is 17.5. The Labute approximate surface area is 186 Å².